The van der Waals surface area contributed by atoms with Crippen LogP contribution in [0.3, 0.4) is 0 Å². The summed E-state index contributed by atoms with van der Waals surface area (Å²) in [6.45, 7) is 0. The van der Waals surface area contributed by atoms with Gasteiger partial charge in [0.25, 0.3) is 0 Å². The molecule has 0 aliphatic carbocycles. The summed E-state index contributed by atoms with van der Waals surface area (Å²) in [7, 11) is -1.51. The highest BCUT2D eigenvalue weighted by Gasteiger charge is 2.11. The lowest BCUT2D eigenvalue weighted by Gasteiger charge is -2.02. The molecule has 0 fully saturated rings. The maximum atomic E-state index is 8.90. The average Bonchev–Trinajstić information content (AvgIpc) is 2.18. The number of hydrogen-bond donors (Lipinski definition) is 4. The predicted molar refractivity (Wildman–Crippen MR) is 56.4 cm³/mol. The Kier molecular flexibility index (Phi) is 3.44. The van der Waals surface area contributed by atoms with E-state index < -0.39 is 7.12 Å². The van der Waals surface area contributed by atoms with Crippen LogP contribution in [0.2, 0.25) is 0 Å². The molecular formula is C9H11BN2O2. The average molecular weight is 190 g/mol. The van der Waals surface area contributed by atoms with Gasteiger partial charge in [-0.15, -0.1) is 0 Å². The first-order chi connectivity index (χ1) is 6.65. The van der Waals surface area contributed by atoms with Crippen LogP contribution in [0.1, 0.15) is 5.56 Å². The van der Waals surface area contributed by atoms with Crippen molar-refractivity contribution in [1.82, 2.24) is 0 Å². The van der Waals surface area contributed by atoms with Crippen LogP contribution >= 0.6 is 0 Å². The Labute approximate surface area is 82.3 Å². The minimum absolute atomic E-state index is 0.231. The van der Waals surface area contributed by atoms with Crippen molar-refractivity contribution in [1.29, 1.82) is 5.41 Å². The number of nitrogens with two attached hydrogens (primary N) is 1. The van der Waals surface area contributed by atoms with Gasteiger partial charge in [0.05, 0.1) is 5.71 Å². The fourth-order valence-corrected chi connectivity index (χ4v) is 1.06. The molecule has 5 N–H and O–H groups in total. The molecule has 1 aromatic carbocycles. The fraction of sp³-hybridized carbons (Fsp3) is 0. The molecule has 5 heteroatoms. The molecule has 14 heavy (non-hydrogen) atoms. The summed E-state index contributed by atoms with van der Waals surface area (Å²) in [5.74, 6) is 0. The Morgan fingerprint density at radius 1 is 1.43 bits per heavy atom. The zero-order chi connectivity index (χ0) is 10.6. The molecule has 0 amide bonds. The van der Waals surface area contributed by atoms with Gasteiger partial charge in [0.15, 0.2) is 0 Å². The smallest absolute Gasteiger partial charge is 0.423 e. The monoisotopic (exact) mass is 190 g/mol. The summed E-state index contributed by atoms with van der Waals surface area (Å²) in [6, 6.07) is 6.47. The maximum Gasteiger partial charge on any atom is 0.488 e. The molecule has 0 aromatic heterocycles. The number of nitrogens with one attached hydrogen (secondary N) is 1. The number of rotatable bonds is 3. The quantitative estimate of drug-likeness (QED) is 0.371. The SMILES string of the molecule is N=C(C=CN)c1cccc(B(O)O)c1. The third-order valence-electron chi connectivity index (χ3n) is 1.76. The second-order valence-electron chi connectivity index (χ2n) is 2.77. The fourth-order valence-electron chi connectivity index (χ4n) is 1.06. The first-order valence-electron chi connectivity index (χ1n) is 4.08. The van der Waals surface area contributed by atoms with Gasteiger partial charge in [-0.1, -0.05) is 24.3 Å². The van der Waals surface area contributed by atoms with Gasteiger partial charge in [-0.05, 0) is 23.3 Å². The standard InChI is InChI=1S/C9H11BN2O2/c11-5-4-9(12)7-2-1-3-8(6-7)10(13)14/h1-6,12-14H,11H2. The van der Waals surface area contributed by atoms with E-state index in [-0.39, 0.29) is 5.71 Å². The Hall–Kier alpha value is -1.59. The lowest BCUT2D eigenvalue weighted by molar-refractivity contribution is 0.426. The van der Waals surface area contributed by atoms with Crippen LogP contribution < -0.4 is 11.2 Å². The van der Waals surface area contributed by atoms with Crippen LogP contribution in [0.5, 0.6) is 0 Å². The molecule has 4 nitrogen and oxygen atoms in total. The molecule has 0 aliphatic heterocycles. The normalized spacial score (nSPS) is 10.4. The molecule has 0 atom stereocenters. The molecule has 0 heterocycles. The largest absolute Gasteiger partial charge is 0.488 e. The summed E-state index contributed by atoms with van der Waals surface area (Å²) in [5, 5.41) is 25.3. The molecule has 0 saturated carbocycles. The van der Waals surface area contributed by atoms with Gasteiger partial charge in [-0.25, -0.2) is 0 Å². The van der Waals surface area contributed by atoms with Gasteiger partial charge in [0, 0.05) is 0 Å². The molecule has 0 spiro atoms. The van der Waals surface area contributed by atoms with Crippen molar-refractivity contribution in [3.8, 4) is 0 Å². The zero-order valence-electron chi connectivity index (χ0n) is 7.51. The highest BCUT2D eigenvalue weighted by atomic mass is 16.4. The molecule has 0 bridgehead atoms. The number of hydrogen-bond acceptors (Lipinski definition) is 4. The van der Waals surface area contributed by atoms with Crippen molar-refractivity contribution >= 4 is 18.3 Å². The van der Waals surface area contributed by atoms with Crippen LogP contribution in [0.4, 0.5) is 0 Å². The van der Waals surface area contributed by atoms with Gasteiger partial charge < -0.3 is 21.2 Å². The number of benzene rings is 1. The third kappa shape index (κ3) is 2.45. The Bertz CT molecular complexity index is 364. The second-order valence-corrected chi connectivity index (χ2v) is 2.77. The van der Waals surface area contributed by atoms with E-state index in [0.717, 1.165) is 0 Å². The van der Waals surface area contributed by atoms with E-state index >= 15 is 0 Å². The minimum Gasteiger partial charge on any atom is -0.423 e. The van der Waals surface area contributed by atoms with Crippen LogP contribution in [0.25, 0.3) is 0 Å². The van der Waals surface area contributed by atoms with Crippen molar-refractivity contribution in [3.63, 3.8) is 0 Å². The van der Waals surface area contributed by atoms with Crippen LogP contribution in [0, 0.1) is 5.41 Å². The molecule has 0 radical (unpaired) electrons. The highest BCUT2D eigenvalue weighted by molar-refractivity contribution is 6.58. The van der Waals surface area contributed by atoms with Gasteiger partial charge in [-0.3, -0.25) is 0 Å². The van der Waals surface area contributed by atoms with Crippen molar-refractivity contribution in [2.75, 3.05) is 0 Å². The molecular weight excluding hydrogens is 179 g/mol. The van der Waals surface area contributed by atoms with Crippen LogP contribution in [-0.2, 0) is 0 Å². The predicted octanol–water partition coefficient (Wildman–Crippen LogP) is -0.793. The lowest BCUT2D eigenvalue weighted by atomic mass is 9.79. The van der Waals surface area contributed by atoms with E-state index in [1.807, 2.05) is 0 Å². The van der Waals surface area contributed by atoms with E-state index in [2.05, 4.69) is 0 Å². The maximum absolute atomic E-state index is 8.90. The Morgan fingerprint density at radius 2 is 2.14 bits per heavy atom. The van der Waals surface area contributed by atoms with E-state index in [0.29, 0.717) is 11.0 Å². The van der Waals surface area contributed by atoms with E-state index in [4.69, 9.17) is 21.2 Å². The van der Waals surface area contributed by atoms with Gasteiger partial charge >= 0.3 is 7.12 Å². The minimum atomic E-state index is -1.51. The lowest BCUT2D eigenvalue weighted by Crippen LogP contribution is -2.30. The first-order valence-corrected chi connectivity index (χ1v) is 4.08. The first kappa shape index (κ1) is 10.5. The highest BCUT2D eigenvalue weighted by Crippen LogP contribution is 1.99. The molecule has 1 aromatic rings. The van der Waals surface area contributed by atoms with Gasteiger partial charge in [-0.2, -0.15) is 0 Å². The molecule has 0 aliphatic rings. The molecule has 72 valence electrons. The molecule has 1 rings (SSSR count). The van der Waals surface area contributed by atoms with Crippen LogP contribution in [-0.4, -0.2) is 22.9 Å². The second kappa shape index (κ2) is 4.60. The summed E-state index contributed by atoms with van der Waals surface area (Å²) in [6.07, 6.45) is 2.70. The Balaban J connectivity index is 2.99. The van der Waals surface area contributed by atoms with E-state index in [1.165, 1.54) is 18.3 Å². The zero-order valence-corrected chi connectivity index (χ0v) is 7.51. The van der Waals surface area contributed by atoms with Crippen molar-refractivity contribution in [3.05, 3.63) is 42.1 Å². The van der Waals surface area contributed by atoms with Crippen molar-refractivity contribution < 1.29 is 10.0 Å². The molecule has 0 unspecified atom stereocenters. The van der Waals surface area contributed by atoms with E-state index in [1.54, 1.807) is 18.2 Å². The third-order valence-corrected chi connectivity index (χ3v) is 1.76. The van der Waals surface area contributed by atoms with Crippen molar-refractivity contribution in [2.24, 2.45) is 5.73 Å². The van der Waals surface area contributed by atoms with E-state index in [9.17, 15) is 0 Å². The molecule has 0 saturated heterocycles. The summed E-state index contributed by atoms with van der Waals surface area (Å²) in [5.41, 5.74) is 6.33. The summed E-state index contributed by atoms with van der Waals surface area (Å²) >= 11 is 0. The number of allylic oxidation sites excluding steroid dienone is 1. The van der Waals surface area contributed by atoms with Crippen LogP contribution in [0.15, 0.2) is 36.5 Å². The van der Waals surface area contributed by atoms with Gasteiger partial charge in [0.1, 0.15) is 0 Å². The topological polar surface area (TPSA) is 90.3 Å². The van der Waals surface area contributed by atoms with Gasteiger partial charge in [0.2, 0.25) is 0 Å². The Morgan fingerprint density at radius 3 is 2.71 bits per heavy atom. The van der Waals surface area contributed by atoms with Crippen molar-refractivity contribution in [2.45, 2.75) is 0 Å². The summed E-state index contributed by atoms with van der Waals surface area (Å²) in [4.78, 5) is 0. The summed E-state index contributed by atoms with van der Waals surface area (Å²) < 4.78 is 0.